The van der Waals surface area contributed by atoms with E-state index in [-0.39, 0.29) is 5.91 Å². The van der Waals surface area contributed by atoms with Gasteiger partial charge in [-0.1, -0.05) is 25.5 Å². The summed E-state index contributed by atoms with van der Waals surface area (Å²) in [6, 6.07) is 13.3. The Morgan fingerprint density at radius 1 is 1.15 bits per heavy atom. The number of anilines is 1. The highest BCUT2D eigenvalue weighted by Gasteiger charge is 2.12. The Labute approximate surface area is 160 Å². The Morgan fingerprint density at radius 2 is 1.96 bits per heavy atom. The SMILES string of the molecule is CCCCOCc1cc(C(=O)Nc2ccccc2SC)ccc1OCC. The Balaban J connectivity index is 2.15. The van der Waals surface area contributed by atoms with E-state index in [0.29, 0.717) is 25.4 Å². The van der Waals surface area contributed by atoms with Crippen molar-refractivity contribution in [1.29, 1.82) is 0 Å². The van der Waals surface area contributed by atoms with Gasteiger partial charge in [0.1, 0.15) is 5.75 Å². The Morgan fingerprint density at radius 3 is 2.69 bits per heavy atom. The summed E-state index contributed by atoms with van der Waals surface area (Å²) in [6.45, 7) is 5.81. The molecule has 0 aromatic heterocycles. The first kappa shape index (κ1) is 20.3. The summed E-state index contributed by atoms with van der Waals surface area (Å²) < 4.78 is 11.4. The molecule has 1 amide bonds. The summed E-state index contributed by atoms with van der Waals surface area (Å²) in [5.41, 5.74) is 2.31. The third kappa shape index (κ3) is 5.78. The quantitative estimate of drug-likeness (QED) is 0.449. The van der Waals surface area contributed by atoms with Crippen LogP contribution in [0.3, 0.4) is 0 Å². The van der Waals surface area contributed by atoms with Gasteiger partial charge in [-0.2, -0.15) is 0 Å². The molecule has 0 atom stereocenters. The van der Waals surface area contributed by atoms with E-state index in [4.69, 9.17) is 9.47 Å². The van der Waals surface area contributed by atoms with Crippen molar-refractivity contribution in [3.8, 4) is 5.75 Å². The number of hydrogen-bond acceptors (Lipinski definition) is 4. The van der Waals surface area contributed by atoms with E-state index in [1.807, 2.05) is 49.6 Å². The lowest BCUT2D eigenvalue weighted by Crippen LogP contribution is -2.13. The molecule has 0 spiro atoms. The van der Waals surface area contributed by atoms with Crippen LogP contribution in [0.25, 0.3) is 0 Å². The number of thioether (sulfide) groups is 1. The highest BCUT2D eigenvalue weighted by Crippen LogP contribution is 2.26. The molecule has 0 fully saturated rings. The zero-order valence-corrected chi connectivity index (χ0v) is 16.5. The van der Waals surface area contributed by atoms with Crippen molar-refractivity contribution in [2.45, 2.75) is 38.2 Å². The van der Waals surface area contributed by atoms with Gasteiger partial charge in [-0.3, -0.25) is 4.79 Å². The second-order valence-electron chi connectivity index (χ2n) is 5.82. The standard InChI is InChI=1S/C21H27NO3S/c1-4-6-13-24-15-17-14-16(11-12-19(17)25-5-2)21(23)22-18-9-7-8-10-20(18)26-3/h7-12,14H,4-6,13,15H2,1-3H3,(H,22,23). The van der Waals surface area contributed by atoms with E-state index >= 15 is 0 Å². The predicted octanol–water partition coefficient (Wildman–Crippen LogP) is 5.38. The second kappa shape index (κ2) is 10.9. The summed E-state index contributed by atoms with van der Waals surface area (Å²) in [6.07, 6.45) is 4.11. The minimum Gasteiger partial charge on any atom is -0.494 e. The number of para-hydroxylation sites is 1. The van der Waals surface area contributed by atoms with E-state index in [2.05, 4.69) is 12.2 Å². The fraction of sp³-hybridized carbons (Fsp3) is 0.381. The van der Waals surface area contributed by atoms with Crippen molar-refractivity contribution >= 4 is 23.4 Å². The van der Waals surface area contributed by atoms with E-state index in [9.17, 15) is 4.79 Å². The van der Waals surface area contributed by atoms with Gasteiger partial charge in [-0.15, -0.1) is 11.8 Å². The molecule has 2 rings (SSSR count). The fourth-order valence-corrected chi connectivity index (χ4v) is 3.05. The van der Waals surface area contributed by atoms with Crippen LogP contribution in [0.1, 0.15) is 42.6 Å². The Bertz CT molecular complexity index is 718. The smallest absolute Gasteiger partial charge is 0.255 e. The van der Waals surface area contributed by atoms with Gasteiger partial charge in [0, 0.05) is 22.6 Å². The number of carbonyl (C=O) groups is 1. The third-order valence-corrected chi connectivity index (χ3v) is 4.67. The van der Waals surface area contributed by atoms with Gasteiger partial charge in [0.2, 0.25) is 0 Å². The number of hydrogen-bond donors (Lipinski definition) is 1. The van der Waals surface area contributed by atoms with Crippen LogP contribution in [0.2, 0.25) is 0 Å². The molecule has 5 heteroatoms. The summed E-state index contributed by atoms with van der Waals surface area (Å²) >= 11 is 1.61. The Kier molecular flexibility index (Phi) is 8.51. The van der Waals surface area contributed by atoms with Crippen molar-refractivity contribution in [2.75, 3.05) is 24.8 Å². The maximum Gasteiger partial charge on any atom is 0.255 e. The van der Waals surface area contributed by atoms with Crippen LogP contribution in [0.5, 0.6) is 5.75 Å². The fourth-order valence-electron chi connectivity index (χ4n) is 2.50. The first-order chi connectivity index (χ1) is 12.7. The maximum absolute atomic E-state index is 12.7. The second-order valence-corrected chi connectivity index (χ2v) is 6.66. The molecule has 0 saturated heterocycles. The van der Waals surface area contributed by atoms with E-state index < -0.39 is 0 Å². The van der Waals surface area contributed by atoms with Gasteiger partial charge in [0.05, 0.1) is 18.9 Å². The van der Waals surface area contributed by atoms with Crippen molar-refractivity contribution in [1.82, 2.24) is 0 Å². The molecule has 0 aliphatic heterocycles. The molecule has 0 heterocycles. The summed E-state index contributed by atoms with van der Waals surface area (Å²) in [4.78, 5) is 13.7. The third-order valence-electron chi connectivity index (χ3n) is 3.88. The average molecular weight is 374 g/mol. The number of nitrogens with one attached hydrogen (secondary N) is 1. The lowest BCUT2D eigenvalue weighted by atomic mass is 10.1. The summed E-state index contributed by atoms with van der Waals surface area (Å²) in [5.74, 6) is 0.634. The summed E-state index contributed by atoms with van der Waals surface area (Å²) in [5, 5.41) is 2.99. The topological polar surface area (TPSA) is 47.6 Å². The van der Waals surface area contributed by atoms with Crippen molar-refractivity contribution in [3.63, 3.8) is 0 Å². The first-order valence-corrected chi connectivity index (χ1v) is 10.2. The van der Waals surface area contributed by atoms with Crippen LogP contribution >= 0.6 is 11.8 Å². The van der Waals surface area contributed by atoms with Crippen LogP contribution in [-0.4, -0.2) is 25.4 Å². The van der Waals surface area contributed by atoms with Gasteiger partial charge in [-0.05, 0) is 49.9 Å². The number of ether oxygens (including phenoxy) is 2. The molecule has 0 radical (unpaired) electrons. The monoisotopic (exact) mass is 373 g/mol. The molecule has 2 aromatic carbocycles. The van der Waals surface area contributed by atoms with Crippen LogP contribution in [0, 0.1) is 0 Å². The van der Waals surface area contributed by atoms with Crippen LogP contribution in [0.4, 0.5) is 5.69 Å². The molecule has 0 aliphatic rings. The van der Waals surface area contributed by atoms with Crippen LogP contribution in [0.15, 0.2) is 47.4 Å². The lowest BCUT2D eigenvalue weighted by molar-refractivity contribution is 0.102. The largest absolute Gasteiger partial charge is 0.494 e. The molecule has 140 valence electrons. The minimum absolute atomic E-state index is 0.135. The molecular formula is C21H27NO3S. The molecule has 0 bridgehead atoms. The molecule has 26 heavy (non-hydrogen) atoms. The molecule has 2 aromatic rings. The lowest BCUT2D eigenvalue weighted by Gasteiger charge is -2.13. The molecule has 4 nitrogen and oxygen atoms in total. The Hall–Kier alpha value is -1.98. The number of carbonyl (C=O) groups excluding carboxylic acids is 1. The molecule has 0 unspecified atom stereocenters. The van der Waals surface area contributed by atoms with E-state index in [1.165, 1.54) is 0 Å². The molecular weight excluding hydrogens is 346 g/mol. The normalized spacial score (nSPS) is 10.6. The van der Waals surface area contributed by atoms with Gasteiger partial charge < -0.3 is 14.8 Å². The number of benzene rings is 2. The zero-order chi connectivity index (χ0) is 18.8. The number of amides is 1. The predicted molar refractivity (Wildman–Crippen MR) is 108 cm³/mol. The van der Waals surface area contributed by atoms with Gasteiger partial charge in [0.15, 0.2) is 0 Å². The van der Waals surface area contributed by atoms with Crippen molar-refractivity contribution < 1.29 is 14.3 Å². The average Bonchev–Trinajstić information content (AvgIpc) is 2.67. The van der Waals surface area contributed by atoms with Crippen molar-refractivity contribution in [3.05, 3.63) is 53.6 Å². The van der Waals surface area contributed by atoms with Crippen molar-refractivity contribution in [2.24, 2.45) is 0 Å². The minimum atomic E-state index is -0.135. The molecule has 0 saturated carbocycles. The van der Waals surface area contributed by atoms with E-state index in [0.717, 1.165) is 34.7 Å². The van der Waals surface area contributed by atoms with Gasteiger partial charge in [0.25, 0.3) is 5.91 Å². The van der Waals surface area contributed by atoms with Gasteiger partial charge >= 0.3 is 0 Å². The zero-order valence-electron chi connectivity index (χ0n) is 15.7. The molecule has 0 aliphatic carbocycles. The van der Waals surface area contributed by atoms with Gasteiger partial charge in [-0.25, -0.2) is 0 Å². The van der Waals surface area contributed by atoms with E-state index in [1.54, 1.807) is 17.8 Å². The summed E-state index contributed by atoms with van der Waals surface area (Å²) in [7, 11) is 0. The first-order valence-electron chi connectivity index (χ1n) is 8.97. The van der Waals surface area contributed by atoms with Crippen LogP contribution < -0.4 is 10.1 Å². The number of rotatable bonds is 10. The number of unbranched alkanes of at least 4 members (excludes halogenated alkanes) is 1. The highest BCUT2D eigenvalue weighted by atomic mass is 32.2. The maximum atomic E-state index is 12.7. The van der Waals surface area contributed by atoms with Crippen LogP contribution in [-0.2, 0) is 11.3 Å². The highest BCUT2D eigenvalue weighted by molar-refractivity contribution is 7.98. The molecule has 1 N–H and O–H groups in total.